The van der Waals surface area contributed by atoms with Crippen LogP contribution in [0.15, 0.2) is 12.4 Å². The van der Waals surface area contributed by atoms with Gasteiger partial charge in [-0.25, -0.2) is 4.98 Å². The predicted octanol–water partition coefficient (Wildman–Crippen LogP) is 15.1. The van der Waals surface area contributed by atoms with Crippen LogP contribution in [-0.2, 0) is 20.9 Å². The fourth-order valence-electron chi connectivity index (χ4n) is 8.16. The highest BCUT2D eigenvalue weighted by atomic mass is 16.5. The van der Waals surface area contributed by atoms with Gasteiger partial charge in [0.1, 0.15) is 17.7 Å². The fourth-order valence-corrected chi connectivity index (χ4v) is 8.16. The molecule has 1 heterocycles. The Morgan fingerprint density at radius 1 is 0.536 bits per heavy atom. The summed E-state index contributed by atoms with van der Waals surface area (Å²) < 4.78 is 8.34. The van der Waals surface area contributed by atoms with Crippen molar-refractivity contribution in [3.63, 3.8) is 0 Å². The number of hydrogen-bond donors (Lipinski definition) is 0. The van der Waals surface area contributed by atoms with E-state index in [2.05, 4.69) is 48.3 Å². The Bertz CT molecular complexity index is 978. The van der Waals surface area contributed by atoms with Crippen molar-refractivity contribution in [1.82, 2.24) is 14.5 Å². The van der Waals surface area contributed by atoms with E-state index in [1.54, 1.807) is 0 Å². The standard InChI is InChI=1S/C50H95N3O3/c1-5-8-11-14-17-18-19-20-22-28-36-48(54)37-29-27-34-43-52(44-35-45-53-46-41-51-47(53)4)42-33-26-21-25-32-40-50(55)56-49(38-30-23-15-12-9-6-2)39-31-24-16-13-10-7-3/h41,46,49H,5-40,42-45H2,1-4H3. The molecule has 6 nitrogen and oxygen atoms in total. The summed E-state index contributed by atoms with van der Waals surface area (Å²) in [4.78, 5) is 32.4. The van der Waals surface area contributed by atoms with Gasteiger partial charge >= 0.3 is 5.97 Å². The number of rotatable bonds is 44. The van der Waals surface area contributed by atoms with Gasteiger partial charge in [-0.05, 0) is 90.8 Å². The SMILES string of the molecule is CCCCCCCCCCCCC(=O)CCCCCN(CCCCCCCC(=O)OC(CCCCCCCC)CCCCCCCC)CCCn1ccnc1C. The number of aromatic nitrogens is 2. The van der Waals surface area contributed by atoms with Gasteiger partial charge in [0.2, 0.25) is 0 Å². The highest BCUT2D eigenvalue weighted by Gasteiger charge is 2.14. The molecule has 1 aromatic rings. The van der Waals surface area contributed by atoms with E-state index in [1.165, 1.54) is 161 Å². The number of ketones is 1. The molecular weight excluding hydrogens is 691 g/mol. The summed E-state index contributed by atoms with van der Waals surface area (Å²) in [7, 11) is 0. The summed E-state index contributed by atoms with van der Waals surface area (Å²) >= 11 is 0. The van der Waals surface area contributed by atoms with Crippen LogP contribution in [0.25, 0.3) is 0 Å². The molecule has 0 spiro atoms. The lowest BCUT2D eigenvalue weighted by atomic mass is 10.0. The molecule has 6 heteroatoms. The first-order valence-electron chi connectivity index (χ1n) is 24.9. The third kappa shape index (κ3) is 33.3. The van der Waals surface area contributed by atoms with Gasteiger partial charge in [0.15, 0.2) is 0 Å². The molecule has 0 saturated heterocycles. The maximum absolute atomic E-state index is 12.8. The highest BCUT2D eigenvalue weighted by molar-refractivity contribution is 5.78. The maximum Gasteiger partial charge on any atom is 0.306 e. The van der Waals surface area contributed by atoms with E-state index in [-0.39, 0.29) is 12.1 Å². The van der Waals surface area contributed by atoms with E-state index < -0.39 is 0 Å². The van der Waals surface area contributed by atoms with Crippen LogP contribution in [0.2, 0.25) is 0 Å². The van der Waals surface area contributed by atoms with E-state index in [0.29, 0.717) is 12.2 Å². The third-order valence-electron chi connectivity index (χ3n) is 11.9. The Morgan fingerprint density at radius 3 is 1.39 bits per heavy atom. The largest absolute Gasteiger partial charge is 0.462 e. The average Bonchev–Trinajstić information content (AvgIpc) is 3.61. The normalized spacial score (nSPS) is 11.7. The second-order valence-corrected chi connectivity index (χ2v) is 17.4. The molecule has 0 bridgehead atoms. The van der Waals surface area contributed by atoms with Crippen molar-refractivity contribution in [2.24, 2.45) is 0 Å². The average molecular weight is 786 g/mol. The zero-order valence-corrected chi connectivity index (χ0v) is 38.1. The Balaban J connectivity index is 2.29. The number of aryl methyl sites for hydroxylation is 2. The van der Waals surface area contributed by atoms with Crippen molar-refractivity contribution in [3.05, 3.63) is 18.2 Å². The zero-order chi connectivity index (χ0) is 40.6. The molecule has 1 rings (SSSR count). The number of esters is 1. The van der Waals surface area contributed by atoms with E-state index in [1.807, 2.05) is 6.20 Å². The number of unbranched alkanes of at least 4 members (excludes halogenated alkanes) is 25. The van der Waals surface area contributed by atoms with E-state index >= 15 is 0 Å². The van der Waals surface area contributed by atoms with Crippen LogP contribution in [0.4, 0.5) is 0 Å². The predicted molar refractivity (Wildman–Crippen MR) is 242 cm³/mol. The summed E-state index contributed by atoms with van der Waals surface area (Å²) in [5, 5.41) is 0. The summed E-state index contributed by atoms with van der Waals surface area (Å²) in [5.74, 6) is 1.60. The molecule has 0 atom stereocenters. The second kappa shape index (κ2) is 40.1. The quantitative estimate of drug-likeness (QED) is 0.0487. The van der Waals surface area contributed by atoms with Gasteiger partial charge in [-0.3, -0.25) is 9.59 Å². The summed E-state index contributed by atoms with van der Waals surface area (Å²) in [6, 6.07) is 0. The second-order valence-electron chi connectivity index (χ2n) is 17.4. The Hall–Kier alpha value is -1.69. The molecule has 0 unspecified atom stereocenters. The number of Topliss-reactive ketones (excluding diaryl/α,β-unsaturated/α-hetero) is 1. The molecular formula is C50H95N3O3. The lowest BCUT2D eigenvalue weighted by molar-refractivity contribution is -0.150. The monoisotopic (exact) mass is 786 g/mol. The van der Waals surface area contributed by atoms with Crippen molar-refractivity contribution in [1.29, 1.82) is 0 Å². The van der Waals surface area contributed by atoms with Crippen LogP contribution < -0.4 is 0 Å². The molecule has 0 radical (unpaired) electrons. The number of hydrogen-bond acceptors (Lipinski definition) is 5. The smallest absolute Gasteiger partial charge is 0.306 e. The lowest BCUT2D eigenvalue weighted by Crippen LogP contribution is -2.28. The van der Waals surface area contributed by atoms with Crippen LogP contribution in [0.5, 0.6) is 0 Å². The molecule has 56 heavy (non-hydrogen) atoms. The van der Waals surface area contributed by atoms with Gasteiger partial charge in [0.25, 0.3) is 0 Å². The van der Waals surface area contributed by atoms with Crippen LogP contribution in [0, 0.1) is 6.92 Å². The van der Waals surface area contributed by atoms with E-state index in [9.17, 15) is 9.59 Å². The molecule has 1 aromatic heterocycles. The Labute approximate surface area is 348 Å². The van der Waals surface area contributed by atoms with Gasteiger partial charge in [0.05, 0.1) is 0 Å². The molecule has 0 amide bonds. The van der Waals surface area contributed by atoms with Crippen molar-refractivity contribution < 1.29 is 14.3 Å². The molecule has 0 aliphatic carbocycles. The molecule has 328 valence electrons. The first kappa shape index (κ1) is 52.3. The van der Waals surface area contributed by atoms with Crippen LogP contribution in [0.3, 0.4) is 0 Å². The maximum atomic E-state index is 12.8. The minimum atomic E-state index is 0.0340. The first-order chi connectivity index (χ1) is 27.5. The Morgan fingerprint density at radius 2 is 0.929 bits per heavy atom. The number of carbonyl (C=O) groups excluding carboxylic acids is 2. The summed E-state index contributed by atoms with van der Waals surface area (Å²) in [5.41, 5.74) is 0. The van der Waals surface area contributed by atoms with E-state index in [0.717, 1.165) is 96.2 Å². The van der Waals surface area contributed by atoms with Crippen LogP contribution in [0.1, 0.15) is 258 Å². The highest BCUT2D eigenvalue weighted by Crippen LogP contribution is 2.19. The topological polar surface area (TPSA) is 64.4 Å². The first-order valence-corrected chi connectivity index (χ1v) is 24.9. The zero-order valence-electron chi connectivity index (χ0n) is 38.1. The lowest BCUT2D eigenvalue weighted by Gasteiger charge is -2.22. The van der Waals surface area contributed by atoms with Crippen molar-refractivity contribution in [2.75, 3.05) is 19.6 Å². The molecule has 0 aliphatic rings. The van der Waals surface area contributed by atoms with Crippen LogP contribution in [-0.4, -0.2) is 51.9 Å². The number of imidazole rings is 1. The molecule has 0 aromatic carbocycles. The van der Waals surface area contributed by atoms with Gasteiger partial charge in [-0.2, -0.15) is 0 Å². The minimum absolute atomic E-state index is 0.0340. The number of ether oxygens (including phenoxy) is 1. The van der Waals surface area contributed by atoms with Gasteiger partial charge in [0, 0.05) is 38.2 Å². The van der Waals surface area contributed by atoms with Gasteiger partial charge in [-0.1, -0.05) is 168 Å². The molecule has 0 fully saturated rings. The number of carbonyl (C=O) groups is 2. The molecule has 0 saturated carbocycles. The molecule has 0 N–H and O–H groups in total. The third-order valence-corrected chi connectivity index (χ3v) is 11.9. The van der Waals surface area contributed by atoms with Crippen LogP contribution >= 0.6 is 0 Å². The Kier molecular flexibility index (Phi) is 37.5. The summed E-state index contributed by atoms with van der Waals surface area (Å²) in [6.07, 6.45) is 47.2. The number of nitrogens with zero attached hydrogens (tertiary/aromatic N) is 3. The van der Waals surface area contributed by atoms with Crippen molar-refractivity contribution in [3.8, 4) is 0 Å². The van der Waals surface area contributed by atoms with Crippen molar-refractivity contribution in [2.45, 2.75) is 271 Å². The minimum Gasteiger partial charge on any atom is -0.462 e. The molecule has 0 aliphatic heterocycles. The summed E-state index contributed by atoms with van der Waals surface area (Å²) in [6.45, 7) is 13.3. The van der Waals surface area contributed by atoms with Gasteiger partial charge < -0.3 is 14.2 Å². The van der Waals surface area contributed by atoms with Gasteiger partial charge in [-0.15, -0.1) is 0 Å². The van der Waals surface area contributed by atoms with Crippen molar-refractivity contribution >= 4 is 11.8 Å². The van der Waals surface area contributed by atoms with E-state index in [4.69, 9.17) is 4.74 Å². The fraction of sp³-hybridized carbons (Fsp3) is 0.900.